The summed E-state index contributed by atoms with van der Waals surface area (Å²) in [5.41, 5.74) is 1.62. The number of aliphatic hydroxyl groups excluding tert-OH is 1. The predicted molar refractivity (Wildman–Crippen MR) is 299 cm³/mol. The number of hydrogen-bond donors (Lipinski definition) is 4. The largest absolute Gasteiger partial charge is 0.452 e. The average molecular weight is 1100 g/mol. The number of nitrogens with zero attached hydrogens (tertiary/aromatic N) is 6. The Morgan fingerprint density at radius 3 is 1.86 bits per heavy atom. The zero-order valence-electron chi connectivity index (χ0n) is 46.3. The number of rotatable bonds is 9. The van der Waals surface area contributed by atoms with Gasteiger partial charge in [0, 0.05) is 51.7 Å². The molecular weight excluding hydrogens is 1020 g/mol. The van der Waals surface area contributed by atoms with Crippen LogP contribution in [0.15, 0.2) is 70.6 Å². The monoisotopic (exact) mass is 1100 g/mol. The predicted octanol–water partition coefficient (Wildman–Crippen LogP) is 3.50. The van der Waals surface area contributed by atoms with Gasteiger partial charge in [0.15, 0.2) is 6.10 Å². The second-order valence-corrected chi connectivity index (χ2v) is 23.6. The van der Waals surface area contributed by atoms with E-state index in [9.17, 15) is 43.5 Å². The molecule has 1 saturated heterocycles. The maximum Gasteiger partial charge on any atom is 0.311 e. The highest BCUT2D eigenvalue weighted by Crippen LogP contribution is 2.31. The maximum absolute atomic E-state index is 15.0. The number of cyclic esters (lactones) is 1. The van der Waals surface area contributed by atoms with E-state index in [0.717, 1.165) is 5.56 Å². The summed E-state index contributed by atoms with van der Waals surface area (Å²) < 4.78 is 6.06. The van der Waals surface area contributed by atoms with Crippen LogP contribution < -0.4 is 16.0 Å². The number of likely N-dealkylation sites (N-methyl/N-ethyl adjacent to an activating group) is 3. The first-order chi connectivity index (χ1) is 36.5. The molecule has 1 fully saturated rings. The van der Waals surface area contributed by atoms with Crippen molar-refractivity contribution in [1.82, 2.24) is 35.6 Å². The van der Waals surface area contributed by atoms with Gasteiger partial charge in [0.05, 0.1) is 34.2 Å². The third-order valence-corrected chi connectivity index (χ3v) is 17.3. The minimum atomic E-state index is -1.50. The third-order valence-electron chi connectivity index (χ3n) is 15.0. The van der Waals surface area contributed by atoms with Gasteiger partial charge in [-0.3, -0.25) is 48.3 Å². The highest BCUT2D eigenvalue weighted by Gasteiger charge is 2.46. The lowest BCUT2D eigenvalue weighted by Crippen LogP contribution is -2.59. The van der Waals surface area contributed by atoms with Crippen LogP contribution in [0.2, 0.25) is 0 Å². The van der Waals surface area contributed by atoms with Crippen LogP contribution in [0, 0.1) is 17.8 Å². The Hall–Kier alpha value is -5.80. The van der Waals surface area contributed by atoms with Crippen LogP contribution in [0.1, 0.15) is 92.2 Å². The second kappa shape index (κ2) is 27.2. The first-order valence-corrected chi connectivity index (χ1v) is 28.9. The Morgan fingerprint density at radius 1 is 0.675 bits per heavy atom. The number of esters is 1. The Bertz CT molecular complexity index is 2510. The summed E-state index contributed by atoms with van der Waals surface area (Å²) in [4.78, 5) is 131. The van der Waals surface area contributed by atoms with E-state index >= 15 is 0 Å². The quantitative estimate of drug-likeness (QED) is 0.264. The molecule has 19 nitrogen and oxygen atoms in total. The Balaban J connectivity index is 1.38. The van der Waals surface area contributed by atoms with Crippen molar-refractivity contribution >= 4 is 80.9 Å². The number of aliphatic hydroxyl groups is 1. The number of aliphatic imine (C=N–C) groups is 2. The highest BCUT2D eigenvalue weighted by atomic mass is 32.2. The van der Waals surface area contributed by atoms with Crippen molar-refractivity contribution in [2.75, 3.05) is 39.2 Å². The van der Waals surface area contributed by atoms with Crippen molar-refractivity contribution in [1.29, 1.82) is 0 Å². The number of carbonyl (C=O) groups excluding carboxylic acids is 8. The Morgan fingerprint density at radius 2 is 1.26 bits per heavy atom. The van der Waals surface area contributed by atoms with Crippen LogP contribution >= 0.6 is 23.5 Å². The molecule has 4 heterocycles. The molecule has 0 aromatic heterocycles. The Kier molecular flexibility index (Phi) is 21.3. The zero-order chi connectivity index (χ0) is 56.4. The molecule has 77 heavy (non-hydrogen) atoms. The number of fused-ring (bicyclic) bond motifs is 3. The molecule has 0 saturated carbocycles. The first kappa shape index (κ1) is 60.4. The third kappa shape index (κ3) is 14.9. The fraction of sp³-hybridized carbons (Fsp3) is 0.607. The average Bonchev–Trinajstić information content (AvgIpc) is 4.23. The van der Waals surface area contributed by atoms with Gasteiger partial charge >= 0.3 is 5.97 Å². The van der Waals surface area contributed by atoms with Gasteiger partial charge in [-0.1, -0.05) is 95.3 Å². The van der Waals surface area contributed by atoms with E-state index in [-0.39, 0.29) is 42.9 Å². The van der Waals surface area contributed by atoms with Crippen LogP contribution in [0.4, 0.5) is 0 Å². The fourth-order valence-corrected chi connectivity index (χ4v) is 12.6. The van der Waals surface area contributed by atoms with E-state index < -0.39 is 114 Å². The molecule has 4 aliphatic heterocycles. The molecule has 2 aromatic rings. The van der Waals surface area contributed by atoms with E-state index in [1.165, 1.54) is 61.3 Å². The number of benzene rings is 2. The standard InChI is InChI=1S/C56H79N9O10S2/c1-12-38-50-60-40(30-76-50)52(70)62(9)42(26-31(2)3)48(68)61-45(35(8)66)49(69)57-34(7)33(6)56(74)75-44(28-37-22-17-14-18-23-37)54(72)64(11)46(32(4)5)55(73)65-25-19-24-41(65)53(71)63(10)43(27-36-20-15-13-16-21-36)51-59-39(29-77-51)47(67)58-38/h13-18,20-23,31-35,38-46,66H,12,19,24-30H2,1-11H3,(H,57,69)(H,58,67)(H,61,68)/t33-,34-,35-,38-,39+,40+,41+,42-,43+,44?,45-,46+/m1/s1. The summed E-state index contributed by atoms with van der Waals surface area (Å²) in [5.74, 6) is -5.45. The zero-order valence-corrected chi connectivity index (χ0v) is 48.0. The molecular formula is C56H79N9O10S2. The molecule has 1 unspecified atom stereocenters. The number of amides is 7. The molecule has 4 bridgehead atoms. The molecule has 21 heteroatoms. The van der Waals surface area contributed by atoms with Gasteiger partial charge in [0.25, 0.3) is 5.91 Å². The summed E-state index contributed by atoms with van der Waals surface area (Å²) >= 11 is 2.75. The van der Waals surface area contributed by atoms with E-state index in [2.05, 4.69) is 16.0 Å². The van der Waals surface area contributed by atoms with E-state index in [0.29, 0.717) is 47.1 Å². The van der Waals surface area contributed by atoms with Crippen molar-refractivity contribution in [3.63, 3.8) is 0 Å². The second-order valence-electron chi connectivity index (χ2n) is 21.6. The van der Waals surface area contributed by atoms with Crippen molar-refractivity contribution < 1.29 is 48.2 Å². The van der Waals surface area contributed by atoms with Crippen molar-refractivity contribution in [2.45, 2.75) is 160 Å². The smallest absolute Gasteiger partial charge is 0.311 e. The van der Waals surface area contributed by atoms with Gasteiger partial charge in [-0.05, 0) is 75.8 Å². The molecule has 0 radical (unpaired) electrons. The topological polar surface area (TPSA) is 240 Å². The molecule has 4 aliphatic rings. The summed E-state index contributed by atoms with van der Waals surface area (Å²) in [6.07, 6.45) is -0.871. The highest BCUT2D eigenvalue weighted by molar-refractivity contribution is 8.14. The van der Waals surface area contributed by atoms with Crippen LogP contribution in [-0.4, -0.2) is 188 Å². The lowest BCUT2D eigenvalue weighted by molar-refractivity contribution is -0.166. The molecule has 7 amide bonds. The van der Waals surface area contributed by atoms with Gasteiger partial charge in [-0.2, -0.15) is 0 Å². The number of nitrogens with one attached hydrogen (secondary N) is 3. The van der Waals surface area contributed by atoms with Gasteiger partial charge in [-0.25, -0.2) is 0 Å². The van der Waals surface area contributed by atoms with E-state index in [1.54, 1.807) is 48.0 Å². The fourth-order valence-electron chi connectivity index (χ4n) is 10.2. The molecule has 12 atom stereocenters. The molecule has 6 rings (SSSR count). The van der Waals surface area contributed by atoms with Crippen LogP contribution in [-0.2, 0) is 55.9 Å². The lowest BCUT2D eigenvalue weighted by atomic mass is 9.98. The number of hydrogen-bond acceptors (Lipinski definition) is 14. The lowest BCUT2D eigenvalue weighted by Gasteiger charge is -2.38. The molecule has 0 aliphatic carbocycles. The maximum atomic E-state index is 15.0. The van der Waals surface area contributed by atoms with Crippen molar-refractivity contribution in [3.8, 4) is 0 Å². The van der Waals surface area contributed by atoms with Crippen LogP contribution in [0.3, 0.4) is 0 Å². The van der Waals surface area contributed by atoms with Gasteiger partial charge in [0.1, 0.15) is 36.3 Å². The molecule has 2 aromatic carbocycles. The Labute approximate surface area is 461 Å². The van der Waals surface area contributed by atoms with E-state index in [4.69, 9.17) is 14.7 Å². The number of ether oxygens (including phenoxy) is 1. The van der Waals surface area contributed by atoms with Gasteiger partial charge in [-0.15, -0.1) is 23.5 Å². The van der Waals surface area contributed by atoms with Gasteiger partial charge in [0.2, 0.25) is 35.4 Å². The molecule has 420 valence electrons. The minimum Gasteiger partial charge on any atom is -0.452 e. The van der Waals surface area contributed by atoms with E-state index in [1.807, 2.05) is 71.0 Å². The first-order valence-electron chi connectivity index (χ1n) is 26.9. The minimum absolute atomic E-state index is 0.0397. The van der Waals surface area contributed by atoms with Crippen molar-refractivity contribution in [3.05, 3.63) is 71.8 Å². The normalized spacial score (nSPS) is 29.6. The van der Waals surface area contributed by atoms with Crippen LogP contribution in [0.5, 0.6) is 0 Å². The molecule has 0 spiro atoms. The summed E-state index contributed by atoms with van der Waals surface area (Å²) in [5, 5.41) is 20.6. The summed E-state index contributed by atoms with van der Waals surface area (Å²) in [6.45, 7) is 14.0. The van der Waals surface area contributed by atoms with Crippen LogP contribution in [0.25, 0.3) is 0 Å². The van der Waals surface area contributed by atoms with Crippen molar-refractivity contribution in [2.24, 2.45) is 27.7 Å². The number of thioether (sulfide) groups is 2. The molecule has 4 N–H and O–H groups in total. The number of carbonyl (C=O) groups is 8. The van der Waals surface area contributed by atoms with Gasteiger partial charge < -0.3 is 45.4 Å². The summed E-state index contributed by atoms with van der Waals surface area (Å²) in [7, 11) is 4.70. The summed E-state index contributed by atoms with van der Waals surface area (Å²) in [6, 6.07) is 10.4. The SMILES string of the molecule is CC[C@H]1NC(=O)[C@@H]2CSC(=N2)[C@H](Cc2ccccc2)N(C)C(=O)[C@@H]2CCCN2C(=O)[C@H](C(C)C)N(C)C(=O)C(Cc2ccccc2)OC(=O)[C@H](C)[C@@H](C)NC(=O)[C@@H]([C@@H](C)O)NC(=O)[C@@H](CC(C)C)N(C)C(=O)[C@@H]2CSC1=N2.